The maximum atomic E-state index is 12.3. The minimum absolute atomic E-state index is 0.143. The van der Waals surface area contributed by atoms with Crippen LogP contribution in [0.25, 0.3) is 0 Å². The summed E-state index contributed by atoms with van der Waals surface area (Å²) in [5.41, 5.74) is 2.54. The van der Waals surface area contributed by atoms with Gasteiger partial charge in [0.1, 0.15) is 0 Å². The number of nitrogens with one attached hydrogen (secondary N) is 1. The van der Waals surface area contributed by atoms with Crippen molar-refractivity contribution in [1.29, 1.82) is 0 Å². The van der Waals surface area contributed by atoms with Gasteiger partial charge in [0.05, 0.1) is 5.56 Å². The molecule has 2 aromatic rings. The first-order valence-corrected chi connectivity index (χ1v) is 7.62. The third kappa shape index (κ3) is 3.44. The topological polar surface area (TPSA) is 29.1 Å². The fourth-order valence-electron chi connectivity index (χ4n) is 2.00. The van der Waals surface area contributed by atoms with Crippen LogP contribution in [0.4, 0.5) is 5.69 Å². The first-order chi connectivity index (χ1) is 9.49. The van der Waals surface area contributed by atoms with Crippen LogP contribution in [-0.4, -0.2) is 5.91 Å². The van der Waals surface area contributed by atoms with Crippen molar-refractivity contribution in [1.82, 2.24) is 0 Å². The van der Waals surface area contributed by atoms with Crippen molar-refractivity contribution in [3.05, 3.63) is 58.1 Å². The van der Waals surface area contributed by atoms with Crippen LogP contribution in [-0.2, 0) is 0 Å². The summed E-state index contributed by atoms with van der Waals surface area (Å²) >= 11 is 7.71. The number of anilines is 1. The Bertz CT molecular complexity index is 640. The van der Waals surface area contributed by atoms with Gasteiger partial charge in [0.2, 0.25) is 0 Å². The molecule has 0 saturated heterocycles. The first kappa shape index (κ1) is 15.1. The lowest BCUT2D eigenvalue weighted by atomic mass is 10.0. The minimum Gasteiger partial charge on any atom is -0.322 e. The number of carbonyl (C=O) groups is 1. The Balaban J connectivity index is 2.28. The molecule has 4 heteroatoms. The van der Waals surface area contributed by atoms with Crippen LogP contribution in [0.1, 0.15) is 35.7 Å². The molecular weight excluding hydrogens is 334 g/mol. The first-order valence-electron chi connectivity index (χ1n) is 6.38. The molecule has 0 radical (unpaired) electrons. The fourth-order valence-corrected chi connectivity index (χ4v) is 2.85. The van der Waals surface area contributed by atoms with Crippen molar-refractivity contribution in [2.45, 2.75) is 24.7 Å². The number of rotatable bonds is 3. The molecule has 2 nitrogen and oxygen atoms in total. The van der Waals surface area contributed by atoms with E-state index in [0.29, 0.717) is 16.4 Å². The van der Waals surface area contributed by atoms with Gasteiger partial charge in [-0.1, -0.05) is 48.0 Å². The summed E-state index contributed by atoms with van der Waals surface area (Å²) in [4.78, 5) is 13.0. The van der Waals surface area contributed by atoms with Gasteiger partial charge < -0.3 is 5.32 Å². The molecule has 104 valence electrons. The molecule has 0 aliphatic rings. The van der Waals surface area contributed by atoms with Crippen LogP contribution in [0, 0.1) is 0 Å². The number of carbonyl (C=O) groups excluding carboxylic acids is 1. The van der Waals surface area contributed by atoms with Gasteiger partial charge in [0.15, 0.2) is 0 Å². The van der Waals surface area contributed by atoms with E-state index in [9.17, 15) is 4.79 Å². The Morgan fingerprint density at radius 1 is 1.20 bits per heavy atom. The van der Waals surface area contributed by atoms with Crippen LogP contribution < -0.4 is 5.32 Å². The van der Waals surface area contributed by atoms with E-state index in [0.717, 1.165) is 15.7 Å². The van der Waals surface area contributed by atoms with E-state index in [4.69, 9.17) is 0 Å². The van der Waals surface area contributed by atoms with E-state index < -0.39 is 0 Å². The zero-order valence-electron chi connectivity index (χ0n) is 11.4. The van der Waals surface area contributed by atoms with Crippen LogP contribution >= 0.6 is 28.6 Å². The monoisotopic (exact) mass is 349 g/mol. The largest absolute Gasteiger partial charge is 0.322 e. The summed E-state index contributed by atoms with van der Waals surface area (Å²) < 4.78 is 0.904. The Labute approximate surface area is 133 Å². The third-order valence-corrected chi connectivity index (χ3v) is 3.90. The second-order valence-electron chi connectivity index (χ2n) is 4.86. The lowest BCUT2D eigenvalue weighted by Gasteiger charge is -2.14. The minimum atomic E-state index is -0.143. The second kappa shape index (κ2) is 6.46. The highest BCUT2D eigenvalue weighted by Gasteiger charge is 2.13. The average Bonchev–Trinajstić information content (AvgIpc) is 2.38. The fraction of sp³-hybridized carbons (Fsp3) is 0.188. The number of amides is 1. The number of hydrogen-bond donors (Lipinski definition) is 2. The zero-order chi connectivity index (χ0) is 14.7. The molecule has 0 aromatic heterocycles. The van der Waals surface area contributed by atoms with Crippen molar-refractivity contribution >= 4 is 40.2 Å². The normalized spacial score (nSPS) is 10.7. The Kier molecular flexibility index (Phi) is 4.89. The summed E-state index contributed by atoms with van der Waals surface area (Å²) in [5, 5.41) is 2.97. The van der Waals surface area contributed by atoms with E-state index in [1.807, 2.05) is 36.4 Å². The van der Waals surface area contributed by atoms with Crippen molar-refractivity contribution in [2.24, 2.45) is 0 Å². The number of thiol groups is 1. The molecule has 0 spiro atoms. The average molecular weight is 350 g/mol. The van der Waals surface area contributed by atoms with Crippen LogP contribution in [0.5, 0.6) is 0 Å². The van der Waals surface area contributed by atoms with E-state index in [2.05, 4.69) is 47.7 Å². The van der Waals surface area contributed by atoms with E-state index in [-0.39, 0.29) is 5.91 Å². The van der Waals surface area contributed by atoms with Gasteiger partial charge in [0, 0.05) is 15.1 Å². The molecule has 2 rings (SSSR count). The third-order valence-electron chi connectivity index (χ3n) is 3.04. The molecule has 20 heavy (non-hydrogen) atoms. The predicted octanol–water partition coefficient (Wildman–Crippen LogP) is 5.11. The van der Waals surface area contributed by atoms with Crippen LogP contribution in [0.2, 0.25) is 0 Å². The summed E-state index contributed by atoms with van der Waals surface area (Å²) in [6, 6.07) is 13.3. The van der Waals surface area contributed by atoms with Crippen molar-refractivity contribution in [3.8, 4) is 0 Å². The van der Waals surface area contributed by atoms with Crippen molar-refractivity contribution in [2.75, 3.05) is 5.32 Å². The van der Waals surface area contributed by atoms with Gasteiger partial charge in [-0.25, -0.2) is 0 Å². The second-order valence-corrected chi connectivity index (χ2v) is 6.26. The van der Waals surface area contributed by atoms with Crippen molar-refractivity contribution < 1.29 is 4.79 Å². The molecular formula is C16H16BrNOS. The number of halogens is 1. The SMILES string of the molecule is CC(C)c1ccccc1NC(=O)c1ccc(Br)cc1S. The number of para-hydroxylation sites is 1. The highest BCUT2D eigenvalue weighted by Crippen LogP contribution is 2.25. The molecule has 0 aliphatic heterocycles. The van der Waals surface area contributed by atoms with Crippen LogP contribution in [0.15, 0.2) is 51.8 Å². The molecule has 0 saturated carbocycles. The number of benzene rings is 2. The standard InChI is InChI=1S/C16H16BrNOS/c1-10(2)12-5-3-4-6-14(12)18-16(19)13-8-7-11(17)9-15(13)20/h3-10,20H,1-2H3,(H,18,19). The van der Waals surface area contributed by atoms with Gasteiger partial charge in [-0.15, -0.1) is 12.6 Å². The highest BCUT2D eigenvalue weighted by atomic mass is 79.9. The zero-order valence-corrected chi connectivity index (χ0v) is 13.8. The van der Waals surface area contributed by atoms with Gasteiger partial charge in [-0.2, -0.15) is 0 Å². The maximum absolute atomic E-state index is 12.3. The van der Waals surface area contributed by atoms with Gasteiger partial charge in [-0.3, -0.25) is 4.79 Å². The molecule has 0 bridgehead atoms. The lowest BCUT2D eigenvalue weighted by Crippen LogP contribution is -2.14. The molecule has 0 atom stereocenters. The van der Waals surface area contributed by atoms with Gasteiger partial charge in [0.25, 0.3) is 5.91 Å². The predicted molar refractivity (Wildman–Crippen MR) is 89.9 cm³/mol. The van der Waals surface area contributed by atoms with E-state index in [1.54, 1.807) is 6.07 Å². The molecule has 0 fully saturated rings. The Morgan fingerprint density at radius 2 is 1.90 bits per heavy atom. The van der Waals surface area contributed by atoms with E-state index >= 15 is 0 Å². The van der Waals surface area contributed by atoms with Crippen LogP contribution in [0.3, 0.4) is 0 Å². The molecule has 0 heterocycles. The summed E-state index contributed by atoms with van der Waals surface area (Å²) in [7, 11) is 0. The maximum Gasteiger partial charge on any atom is 0.256 e. The molecule has 0 aliphatic carbocycles. The quantitative estimate of drug-likeness (QED) is 0.740. The molecule has 0 unspecified atom stereocenters. The Morgan fingerprint density at radius 3 is 2.55 bits per heavy atom. The lowest BCUT2D eigenvalue weighted by molar-refractivity contribution is 0.102. The molecule has 1 amide bonds. The van der Waals surface area contributed by atoms with Gasteiger partial charge >= 0.3 is 0 Å². The highest BCUT2D eigenvalue weighted by molar-refractivity contribution is 9.10. The van der Waals surface area contributed by atoms with E-state index in [1.165, 1.54) is 0 Å². The summed E-state index contributed by atoms with van der Waals surface area (Å²) in [5.74, 6) is 0.211. The smallest absolute Gasteiger partial charge is 0.256 e. The Hall–Kier alpha value is -1.26. The van der Waals surface area contributed by atoms with Crippen molar-refractivity contribution in [3.63, 3.8) is 0 Å². The van der Waals surface area contributed by atoms with Gasteiger partial charge in [-0.05, 0) is 35.7 Å². The summed E-state index contributed by atoms with van der Waals surface area (Å²) in [6.07, 6.45) is 0. The summed E-state index contributed by atoms with van der Waals surface area (Å²) in [6.45, 7) is 4.21. The molecule has 1 N–H and O–H groups in total. The number of hydrogen-bond acceptors (Lipinski definition) is 2. The molecule has 2 aromatic carbocycles.